The Morgan fingerprint density at radius 1 is 1.22 bits per heavy atom. The van der Waals surface area contributed by atoms with E-state index in [0.29, 0.717) is 52.8 Å². The van der Waals surface area contributed by atoms with Crippen molar-refractivity contribution in [2.75, 3.05) is 18.7 Å². The highest BCUT2D eigenvalue weighted by molar-refractivity contribution is 6.35. The topological polar surface area (TPSA) is 127 Å². The second-order valence-electron chi connectivity index (χ2n) is 9.73. The molecule has 10 heteroatoms. The van der Waals surface area contributed by atoms with Gasteiger partial charge in [-0.3, -0.25) is 19.9 Å². The maximum atomic E-state index is 13.4. The largest absolute Gasteiger partial charge is 0.454 e. The van der Waals surface area contributed by atoms with Crippen LogP contribution in [-0.2, 0) is 14.9 Å². The fraction of sp³-hybridized carbons (Fsp3) is 0.423. The number of fused-ring (bicyclic) bond motifs is 1. The number of nitrogens with zero attached hydrogens (tertiary/aromatic N) is 1. The molecule has 4 rings (SSSR count). The number of para-hydroxylation sites is 1. The fourth-order valence-electron chi connectivity index (χ4n) is 4.75. The van der Waals surface area contributed by atoms with Gasteiger partial charge in [0.1, 0.15) is 0 Å². The number of amides is 2. The molecule has 0 aliphatic carbocycles. The van der Waals surface area contributed by atoms with Crippen LogP contribution in [0.1, 0.15) is 56.0 Å². The lowest BCUT2D eigenvalue weighted by Crippen LogP contribution is -2.52. The molecule has 9 nitrogen and oxygen atoms in total. The van der Waals surface area contributed by atoms with Gasteiger partial charge in [-0.25, -0.2) is 0 Å². The van der Waals surface area contributed by atoms with Crippen LogP contribution in [0.3, 0.4) is 0 Å². The first kappa shape index (κ1) is 25.8. The van der Waals surface area contributed by atoms with Crippen LogP contribution in [0, 0.1) is 5.41 Å². The average molecular weight is 515 g/mol. The molecule has 36 heavy (non-hydrogen) atoms. The Kier molecular flexibility index (Phi) is 7.42. The van der Waals surface area contributed by atoms with E-state index in [-0.39, 0.29) is 43.1 Å². The Hall–Kier alpha value is -3.30. The van der Waals surface area contributed by atoms with Crippen molar-refractivity contribution in [3.63, 3.8) is 0 Å². The first-order chi connectivity index (χ1) is 17.1. The lowest BCUT2D eigenvalue weighted by atomic mass is 9.80. The number of nitrogens with two attached hydrogens (primary N) is 1. The molecule has 0 saturated carbocycles. The van der Waals surface area contributed by atoms with Crippen LogP contribution in [-0.4, -0.2) is 48.2 Å². The molecule has 192 valence electrons. The zero-order valence-corrected chi connectivity index (χ0v) is 21.4. The summed E-state index contributed by atoms with van der Waals surface area (Å²) in [5.41, 5.74) is 6.57. The van der Waals surface area contributed by atoms with E-state index in [1.807, 2.05) is 26.8 Å². The first-order valence-corrected chi connectivity index (χ1v) is 12.2. The third kappa shape index (κ3) is 5.27. The second-order valence-corrected chi connectivity index (χ2v) is 10.1. The van der Waals surface area contributed by atoms with Crippen LogP contribution < -0.4 is 20.5 Å². The summed E-state index contributed by atoms with van der Waals surface area (Å²) < 4.78 is 16.4. The number of hydrogen-bond donors (Lipinski definition) is 3. The van der Waals surface area contributed by atoms with Crippen molar-refractivity contribution in [3.05, 3.63) is 52.5 Å². The number of hydrogen-bond acceptors (Lipinski definition) is 6. The minimum atomic E-state index is -0.704. The number of ether oxygens (including phenoxy) is 3. The van der Waals surface area contributed by atoms with Crippen molar-refractivity contribution >= 4 is 35.1 Å². The van der Waals surface area contributed by atoms with Crippen molar-refractivity contribution in [1.29, 1.82) is 5.41 Å². The molecule has 2 heterocycles. The van der Waals surface area contributed by atoms with E-state index in [4.69, 9.17) is 37.0 Å². The number of anilines is 1. The molecule has 2 amide bonds. The Balaban J connectivity index is 1.53. The molecular formula is C26H31ClN4O5. The summed E-state index contributed by atoms with van der Waals surface area (Å²) in [7, 11) is 0. The summed E-state index contributed by atoms with van der Waals surface area (Å²) in [4.78, 5) is 27.8. The van der Waals surface area contributed by atoms with E-state index in [9.17, 15) is 9.59 Å². The lowest BCUT2D eigenvalue weighted by molar-refractivity contribution is -0.132. The molecule has 0 unspecified atom stereocenters. The minimum absolute atomic E-state index is 0.0102. The molecule has 2 aromatic rings. The van der Waals surface area contributed by atoms with Gasteiger partial charge < -0.3 is 25.3 Å². The summed E-state index contributed by atoms with van der Waals surface area (Å²) in [6, 6.07) is 10.2. The summed E-state index contributed by atoms with van der Waals surface area (Å²) in [6.45, 7) is 6.32. The molecule has 1 saturated heterocycles. The van der Waals surface area contributed by atoms with Gasteiger partial charge in [0.2, 0.25) is 12.7 Å². The van der Waals surface area contributed by atoms with Crippen LogP contribution >= 0.6 is 11.6 Å². The quantitative estimate of drug-likeness (QED) is 0.390. The van der Waals surface area contributed by atoms with Gasteiger partial charge in [0.15, 0.2) is 17.5 Å². The Morgan fingerprint density at radius 3 is 2.69 bits per heavy atom. The summed E-state index contributed by atoms with van der Waals surface area (Å²) in [6.07, 6.45) is 1.30. The summed E-state index contributed by atoms with van der Waals surface area (Å²) in [5, 5.41) is 11.2. The van der Waals surface area contributed by atoms with Crippen molar-refractivity contribution in [1.82, 2.24) is 4.90 Å². The van der Waals surface area contributed by atoms with E-state index >= 15 is 0 Å². The van der Waals surface area contributed by atoms with Gasteiger partial charge in [-0.05, 0) is 48.9 Å². The SMILES string of the molecule is C[C@@H]1C[C@H](N(C(=N)N)C(=O)CC(C)(C)c2cccc(NC(=O)c3cccc4c3OCO4)c2Cl)CCO1. The highest BCUT2D eigenvalue weighted by Crippen LogP contribution is 2.39. The predicted octanol–water partition coefficient (Wildman–Crippen LogP) is 4.28. The molecule has 0 radical (unpaired) electrons. The number of benzene rings is 2. The number of carbonyl (C=O) groups is 2. The van der Waals surface area contributed by atoms with Gasteiger partial charge in [0, 0.05) is 19.1 Å². The molecule has 2 aliphatic rings. The molecule has 2 atom stereocenters. The van der Waals surface area contributed by atoms with E-state index in [0.717, 1.165) is 0 Å². The molecular weight excluding hydrogens is 484 g/mol. The highest BCUT2D eigenvalue weighted by atomic mass is 35.5. The monoisotopic (exact) mass is 514 g/mol. The molecule has 0 bridgehead atoms. The minimum Gasteiger partial charge on any atom is -0.454 e. The van der Waals surface area contributed by atoms with Crippen molar-refractivity contribution in [3.8, 4) is 11.5 Å². The standard InChI is InChI=1S/C26H31ClN4O5/c1-15-12-16(10-11-34-15)31(25(28)29)21(32)13-26(2,3)18-7-5-8-19(22(18)27)30-24(33)17-6-4-9-20-23(17)36-14-35-20/h4-9,15-16H,10-14H2,1-3H3,(H3,28,29)(H,30,33)/t15-,16-/m1/s1. The van der Waals surface area contributed by atoms with E-state index in [1.165, 1.54) is 4.90 Å². The maximum absolute atomic E-state index is 13.4. The predicted molar refractivity (Wildman–Crippen MR) is 137 cm³/mol. The average Bonchev–Trinajstić information content (AvgIpc) is 3.29. The third-order valence-electron chi connectivity index (χ3n) is 6.56. The number of halogens is 1. The van der Waals surface area contributed by atoms with Crippen LogP contribution in [0.25, 0.3) is 0 Å². The number of rotatable bonds is 6. The smallest absolute Gasteiger partial charge is 0.259 e. The van der Waals surface area contributed by atoms with Crippen LogP contribution in [0.15, 0.2) is 36.4 Å². The van der Waals surface area contributed by atoms with Gasteiger partial charge in [0.25, 0.3) is 5.91 Å². The van der Waals surface area contributed by atoms with Crippen LogP contribution in [0.4, 0.5) is 5.69 Å². The molecule has 2 aliphatic heterocycles. The number of guanidine groups is 1. The van der Waals surface area contributed by atoms with Gasteiger partial charge in [-0.1, -0.05) is 43.6 Å². The summed E-state index contributed by atoms with van der Waals surface area (Å²) >= 11 is 6.76. The van der Waals surface area contributed by atoms with Crippen molar-refractivity contribution < 1.29 is 23.8 Å². The lowest BCUT2D eigenvalue weighted by Gasteiger charge is -2.37. The Bertz CT molecular complexity index is 1180. The Morgan fingerprint density at radius 2 is 1.97 bits per heavy atom. The van der Waals surface area contributed by atoms with Crippen molar-refractivity contribution in [2.45, 2.75) is 57.6 Å². The molecule has 4 N–H and O–H groups in total. The van der Waals surface area contributed by atoms with Gasteiger partial charge >= 0.3 is 0 Å². The van der Waals surface area contributed by atoms with Crippen LogP contribution in [0.2, 0.25) is 5.02 Å². The number of carbonyl (C=O) groups excluding carboxylic acids is 2. The van der Waals surface area contributed by atoms with Crippen LogP contribution in [0.5, 0.6) is 11.5 Å². The highest BCUT2D eigenvalue weighted by Gasteiger charge is 2.35. The Labute approximate surface area is 215 Å². The fourth-order valence-corrected chi connectivity index (χ4v) is 5.18. The van der Waals surface area contributed by atoms with Gasteiger partial charge in [0.05, 0.1) is 22.4 Å². The van der Waals surface area contributed by atoms with E-state index < -0.39 is 5.41 Å². The first-order valence-electron chi connectivity index (χ1n) is 11.8. The molecule has 0 aromatic heterocycles. The van der Waals surface area contributed by atoms with Gasteiger partial charge in [-0.15, -0.1) is 0 Å². The molecule has 2 aromatic carbocycles. The number of nitrogens with one attached hydrogen (secondary N) is 2. The second kappa shape index (κ2) is 10.4. The van der Waals surface area contributed by atoms with Crippen molar-refractivity contribution in [2.24, 2.45) is 5.73 Å². The van der Waals surface area contributed by atoms with E-state index in [1.54, 1.807) is 30.3 Å². The summed E-state index contributed by atoms with van der Waals surface area (Å²) in [5.74, 6) is -0.0181. The molecule has 1 fully saturated rings. The van der Waals surface area contributed by atoms with Gasteiger partial charge in [-0.2, -0.15) is 0 Å². The zero-order chi connectivity index (χ0) is 26.0. The van der Waals surface area contributed by atoms with E-state index in [2.05, 4.69) is 5.32 Å². The zero-order valence-electron chi connectivity index (χ0n) is 20.6. The normalized spacial score (nSPS) is 19.0. The molecule has 0 spiro atoms. The maximum Gasteiger partial charge on any atom is 0.259 e. The third-order valence-corrected chi connectivity index (χ3v) is 6.97.